The minimum Gasteiger partial charge on any atom is -0.340 e. The van der Waals surface area contributed by atoms with E-state index >= 15 is 0 Å². The number of carbonyl (C=O) groups excluding carboxylic acids is 1. The van der Waals surface area contributed by atoms with E-state index in [9.17, 15) is 9.18 Å². The van der Waals surface area contributed by atoms with Crippen LogP contribution in [-0.2, 0) is 7.05 Å². The molecule has 0 amide bonds. The Morgan fingerprint density at radius 1 is 1.50 bits per heavy atom. The van der Waals surface area contributed by atoms with E-state index in [1.165, 1.54) is 6.07 Å². The molecule has 0 unspecified atom stereocenters. The lowest BCUT2D eigenvalue weighted by Gasteiger charge is -1.96. The van der Waals surface area contributed by atoms with Crippen molar-refractivity contribution in [1.29, 1.82) is 0 Å². The molecular weight excluding hydrogens is 249 g/mol. The molecule has 0 N–H and O–H groups in total. The molecule has 2 aromatic rings. The average molecular weight is 256 g/mol. The Labute approximate surface area is 88.5 Å². The second-order valence-corrected chi connectivity index (χ2v) is 3.80. The van der Waals surface area contributed by atoms with Crippen molar-refractivity contribution in [2.24, 2.45) is 7.05 Å². The van der Waals surface area contributed by atoms with Gasteiger partial charge in [0.15, 0.2) is 6.29 Å². The van der Waals surface area contributed by atoms with Crippen molar-refractivity contribution in [3.8, 4) is 0 Å². The van der Waals surface area contributed by atoms with E-state index < -0.39 is 0 Å². The molecule has 1 heterocycles. The maximum absolute atomic E-state index is 13.4. The van der Waals surface area contributed by atoms with E-state index in [0.29, 0.717) is 27.4 Å². The van der Waals surface area contributed by atoms with E-state index in [4.69, 9.17) is 0 Å². The summed E-state index contributed by atoms with van der Waals surface area (Å²) in [6, 6.07) is 4.77. The third kappa shape index (κ3) is 1.10. The van der Waals surface area contributed by atoms with Gasteiger partial charge in [0.1, 0.15) is 5.82 Å². The molecule has 1 aromatic heterocycles. The van der Waals surface area contributed by atoms with Gasteiger partial charge in [-0.2, -0.15) is 0 Å². The Bertz CT molecular complexity index is 518. The van der Waals surface area contributed by atoms with Crippen molar-refractivity contribution in [2.45, 2.75) is 0 Å². The highest BCUT2D eigenvalue weighted by Gasteiger charge is 2.14. The summed E-state index contributed by atoms with van der Waals surface area (Å²) in [6.07, 6.45) is 0.712. The quantitative estimate of drug-likeness (QED) is 0.719. The van der Waals surface area contributed by atoms with Gasteiger partial charge in [-0.15, -0.1) is 0 Å². The van der Waals surface area contributed by atoms with Crippen molar-refractivity contribution < 1.29 is 9.18 Å². The fraction of sp³-hybridized carbons (Fsp3) is 0.100. The van der Waals surface area contributed by atoms with Gasteiger partial charge >= 0.3 is 0 Å². The fourth-order valence-corrected chi connectivity index (χ4v) is 2.30. The summed E-state index contributed by atoms with van der Waals surface area (Å²) in [5.74, 6) is -0.321. The Kier molecular flexibility index (Phi) is 2.15. The van der Waals surface area contributed by atoms with Crippen molar-refractivity contribution in [2.75, 3.05) is 0 Å². The molecule has 0 saturated heterocycles. The van der Waals surface area contributed by atoms with Gasteiger partial charge in [-0.25, -0.2) is 4.39 Å². The predicted molar refractivity (Wildman–Crippen MR) is 56.0 cm³/mol. The molecule has 0 aliphatic heterocycles. The third-order valence-corrected chi connectivity index (χ3v) is 3.07. The number of fused-ring (bicyclic) bond motifs is 1. The van der Waals surface area contributed by atoms with Crippen LogP contribution in [0, 0.1) is 5.82 Å². The van der Waals surface area contributed by atoms with Crippen LogP contribution in [0.5, 0.6) is 0 Å². The molecule has 0 atom stereocenters. The average Bonchev–Trinajstić information content (AvgIpc) is 2.41. The van der Waals surface area contributed by atoms with Crippen LogP contribution in [0.3, 0.4) is 0 Å². The van der Waals surface area contributed by atoms with Gasteiger partial charge < -0.3 is 4.57 Å². The van der Waals surface area contributed by atoms with Gasteiger partial charge in [0.05, 0.1) is 21.1 Å². The van der Waals surface area contributed by atoms with Gasteiger partial charge in [-0.1, -0.05) is 6.07 Å². The first-order valence-electron chi connectivity index (χ1n) is 4.04. The van der Waals surface area contributed by atoms with E-state index in [1.54, 1.807) is 23.7 Å². The smallest absolute Gasteiger partial charge is 0.167 e. The summed E-state index contributed by atoms with van der Waals surface area (Å²) < 4.78 is 15.6. The van der Waals surface area contributed by atoms with Gasteiger partial charge in [-0.3, -0.25) is 4.79 Å². The third-order valence-electron chi connectivity index (χ3n) is 2.27. The zero-order valence-corrected chi connectivity index (χ0v) is 9.01. The highest BCUT2D eigenvalue weighted by molar-refractivity contribution is 9.10. The molecule has 0 saturated carbocycles. The number of aromatic nitrogens is 1. The second kappa shape index (κ2) is 3.20. The molecule has 0 bridgehead atoms. The molecule has 2 nitrogen and oxygen atoms in total. The lowest BCUT2D eigenvalue weighted by Crippen LogP contribution is -1.93. The maximum Gasteiger partial charge on any atom is 0.167 e. The van der Waals surface area contributed by atoms with E-state index in [-0.39, 0.29) is 5.82 Å². The predicted octanol–water partition coefficient (Wildman–Crippen LogP) is 2.89. The van der Waals surface area contributed by atoms with Crippen LogP contribution in [0.15, 0.2) is 22.7 Å². The molecule has 0 radical (unpaired) electrons. The van der Waals surface area contributed by atoms with Crippen LogP contribution in [0.4, 0.5) is 4.39 Å². The first kappa shape index (κ1) is 9.40. The van der Waals surface area contributed by atoms with E-state index in [1.807, 2.05) is 0 Å². The minimum absolute atomic E-state index is 0.321. The summed E-state index contributed by atoms with van der Waals surface area (Å²) in [6.45, 7) is 0. The lowest BCUT2D eigenvalue weighted by molar-refractivity contribution is 0.111. The van der Waals surface area contributed by atoms with Crippen molar-refractivity contribution >= 4 is 33.1 Å². The normalized spacial score (nSPS) is 10.8. The van der Waals surface area contributed by atoms with Crippen LogP contribution in [0.25, 0.3) is 10.9 Å². The maximum atomic E-state index is 13.4. The van der Waals surface area contributed by atoms with Crippen molar-refractivity contribution in [3.05, 3.63) is 34.2 Å². The van der Waals surface area contributed by atoms with Crippen LogP contribution in [-0.4, -0.2) is 10.9 Å². The molecule has 0 spiro atoms. The van der Waals surface area contributed by atoms with Crippen LogP contribution < -0.4 is 0 Å². The number of hydrogen-bond acceptors (Lipinski definition) is 1. The first-order valence-corrected chi connectivity index (χ1v) is 4.83. The molecule has 2 rings (SSSR count). The SMILES string of the molecule is Cn1c(C=O)c(Br)c2c(F)cccc21. The number of carbonyl (C=O) groups is 1. The van der Waals surface area contributed by atoms with Crippen LogP contribution in [0.1, 0.15) is 10.5 Å². The number of hydrogen-bond donors (Lipinski definition) is 0. The Morgan fingerprint density at radius 3 is 2.79 bits per heavy atom. The Morgan fingerprint density at radius 2 is 2.21 bits per heavy atom. The van der Waals surface area contributed by atoms with Crippen molar-refractivity contribution in [1.82, 2.24) is 4.57 Å². The Hall–Kier alpha value is -1.16. The molecule has 14 heavy (non-hydrogen) atoms. The first-order chi connectivity index (χ1) is 6.66. The standard InChI is InChI=1S/C10H7BrFNO/c1-13-7-4-2-3-6(12)9(7)10(11)8(13)5-14/h2-5H,1H3. The molecule has 1 aromatic carbocycles. The molecule has 0 aliphatic rings. The number of halogens is 2. The summed E-state index contributed by atoms with van der Waals surface area (Å²) in [5.41, 5.74) is 1.16. The number of aryl methyl sites for hydroxylation is 1. The zero-order valence-electron chi connectivity index (χ0n) is 7.42. The summed E-state index contributed by atoms with van der Waals surface area (Å²) in [5, 5.41) is 0.456. The zero-order chi connectivity index (χ0) is 10.3. The number of benzene rings is 1. The van der Waals surface area contributed by atoms with Gasteiger partial charge in [0.25, 0.3) is 0 Å². The van der Waals surface area contributed by atoms with Crippen LogP contribution >= 0.6 is 15.9 Å². The summed E-state index contributed by atoms with van der Waals surface area (Å²) >= 11 is 3.22. The number of rotatable bonds is 1. The van der Waals surface area contributed by atoms with E-state index in [0.717, 1.165) is 0 Å². The highest BCUT2D eigenvalue weighted by Crippen LogP contribution is 2.31. The van der Waals surface area contributed by atoms with Gasteiger partial charge in [0, 0.05) is 7.05 Å². The lowest BCUT2D eigenvalue weighted by atomic mass is 10.2. The highest BCUT2D eigenvalue weighted by atomic mass is 79.9. The largest absolute Gasteiger partial charge is 0.340 e. The van der Waals surface area contributed by atoms with Gasteiger partial charge in [-0.05, 0) is 28.1 Å². The molecule has 72 valence electrons. The van der Waals surface area contributed by atoms with Crippen molar-refractivity contribution in [3.63, 3.8) is 0 Å². The molecular formula is C10H7BrFNO. The monoisotopic (exact) mass is 255 g/mol. The second-order valence-electron chi connectivity index (χ2n) is 3.01. The number of nitrogens with zero attached hydrogens (tertiary/aromatic N) is 1. The van der Waals surface area contributed by atoms with Crippen LogP contribution in [0.2, 0.25) is 0 Å². The minimum atomic E-state index is -0.321. The summed E-state index contributed by atoms with van der Waals surface area (Å²) in [7, 11) is 1.73. The molecule has 0 fully saturated rings. The summed E-state index contributed by atoms with van der Waals surface area (Å²) in [4.78, 5) is 10.8. The molecule has 0 aliphatic carbocycles. The Balaban J connectivity index is 3.01. The van der Waals surface area contributed by atoms with E-state index in [2.05, 4.69) is 15.9 Å². The van der Waals surface area contributed by atoms with Gasteiger partial charge in [0.2, 0.25) is 0 Å². The topological polar surface area (TPSA) is 22.0 Å². The molecule has 4 heteroatoms. The number of aldehydes is 1. The fourth-order valence-electron chi connectivity index (χ4n) is 1.55.